The molecule has 2 fully saturated rings. The van der Waals surface area contributed by atoms with Crippen LogP contribution in [0.25, 0.3) is 11.1 Å². The summed E-state index contributed by atoms with van der Waals surface area (Å²) in [5.74, 6) is 0.966. The van der Waals surface area contributed by atoms with Crippen molar-refractivity contribution in [2.24, 2.45) is 11.7 Å². The number of hydrogen-bond acceptors (Lipinski definition) is 4. The minimum absolute atomic E-state index is 0.126. The van der Waals surface area contributed by atoms with Crippen molar-refractivity contribution in [3.8, 4) is 0 Å². The molecule has 2 aromatic rings. The largest absolute Gasteiger partial charge is 0.439 e. The first-order chi connectivity index (χ1) is 9.18. The highest BCUT2D eigenvalue weighted by Gasteiger charge is 2.49. The van der Waals surface area contributed by atoms with Crippen LogP contribution in [0.1, 0.15) is 35.5 Å². The van der Waals surface area contributed by atoms with Crippen LogP contribution in [-0.4, -0.2) is 17.4 Å². The van der Waals surface area contributed by atoms with Crippen LogP contribution in [0, 0.1) is 5.92 Å². The van der Waals surface area contributed by atoms with Crippen molar-refractivity contribution >= 4 is 17.0 Å². The van der Waals surface area contributed by atoms with E-state index in [4.69, 9.17) is 10.2 Å². The van der Waals surface area contributed by atoms with Crippen LogP contribution in [0.2, 0.25) is 0 Å². The number of hydrogen-bond donors (Lipinski definition) is 2. The van der Waals surface area contributed by atoms with Crippen molar-refractivity contribution in [1.29, 1.82) is 0 Å². The van der Waals surface area contributed by atoms with Gasteiger partial charge in [0.25, 0.3) is 5.91 Å². The first kappa shape index (κ1) is 11.0. The average molecular weight is 257 g/mol. The van der Waals surface area contributed by atoms with Crippen molar-refractivity contribution in [2.45, 2.75) is 24.8 Å². The van der Waals surface area contributed by atoms with E-state index >= 15 is 0 Å². The van der Waals surface area contributed by atoms with Gasteiger partial charge in [-0.25, -0.2) is 4.98 Å². The number of nitrogens with two attached hydrogens (primary N) is 1. The third-order valence-electron chi connectivity index (χ3n) is 4.44. The van der Waals surface area contributed by atoms with Crippen LogP contribution in [-0.2, 0) is 5.54 Å². The summed E-state index contributed by atoms with van der Waals surface area (Å²) in [6.45, 7) is 1.03. The summed E-state index contributed by atoms with van der Waals surface area (Å²) in [5, 5.41) is 3.52. The molecule has 19 heavy (non-hydrogen) atoms. The molecule has 2 aliphatic rings. The van der Waals surface area contributed by atoms with E-state index in [0.717, 1.165) is 25.3 Å². The quantitative estimate of drug-likeness (QED) is 0.854. The van der Waals surface area contributed by atoms with Crippen molar-refractivity contribution in [2.75, 3.05) is 6.54 Å². The predicted octanol–water partition coefficient (Wildman–Crippen LogP) is 1.53. The topological polar surface area (TPSA) is 81.2 Å². The molecule has 5 nitrogen and oxygen atoms in total. The minimum Gasteiger partial charge on any atom is -0.439 e. The fourth-order valence-corrected chi connectivity index (χ4v) is 3.44. The molecule has 1 aliphatic carbocycles. The van der Waals surface area contributed by atoms with Gasteiger partial charge in [0, 0.05) is 0 Å². The first-order valence-corrected chi connectivity index (χ1v) is 6.63. The molecule has 1 aliphatic heterocycles. The van der Waals surface area contributed by atoms with Gasteiger partial charge in [0.05, 0.1) is 11.1 Å². The second-order valence-electron chi connectivity index (χ2n) is 5.61. The fourth-order valence-electron chi connectivity index (χ4n) is 3.44. The fraction of sp³-hybridized carbons (Fsp3) is 0.429. The molecule has 1 amide bonds. The monoisotopic (exact) mass is 257 g/mol. The maximum absolute atomic E-state index is 11.4. The Balaban J connectivity index is 1.89. The molecule has 1 saturated heterocycles. The highest BCUT2D eigenvalue weighted by Crippen LogP contribution is 2.46. The Bertz CT molecular complexity index is 668. The lowest BCUT2D eigenvalue weighted by molar-refractivity contribution is 0.100. The molecule has 4 rings (SSSR count). The molecule has 2 unspecified atom stereocenters. The van der Waals surface area contributed by atoms with Gasteiger partial charge < -0.3 is 15.5 Å². The number of nitrogens with one attached hydrogen (secondary N) is 1. The number of benzene rings is 1. The van der Waals surface area contributed by atoms with Crippen LogP contribution in [0.5, 0.6) is 0 Å². The van der Waals surface area contributed by atoms with E-state index in [-0.39, 0.29) is 5.54 Å². The summed E-state index contributed by atoms with van der Waals surface area (Å²) in [6.07, 6.45) is 3.34. The summed E-state index contributed by atoms with van der Waals surface area (Å²) < 4.78 is 5.88. The molecule has 0 radical (unpaired) electrons. The van der Waals surface area contributed by atoms with E-state index in [1.54, 1.807) is 12.1 Å². The lowest BCUT2D eigenvalue weighted by Gasteiger charge is -2.23. The van der Waals surface area contributed by atoms with E-state index in [9.17, 15) is 4.79 Å². The summed E-state index contributed by atoms with van der Waals surface area (Å²) >= 11 is 0. The Morgan fingerprint density at radius 2 is 2.42 bits per heavy atom. The number of rotatable bonds is 2. The molecule has 2 atom stereocenters. The summed E-state index contributed by atoms with van der Waals surface area (Å²) in [5.41, 5.74) is 6.90. The van der Waals surface area contributed by atoms with Gasteiger partial charge in [-0.2, -0.15) is 0 Å². The van der Waals surface area contributed by atoms with Crippen LogP contribution in [0.15, 0.2) is 22.6 Å². The Morgan fingerprint density at radius 1 is 1.53 bits per heavy atom. The third-order valence-corrected chi connectivity index (χ3v) is 4.44. The zero-order chi connectivity index (χ0) is 13.0. The molecular weight excluding hydrogens is 242 g/mol. The maximum atomic E-state index is 11.4. The Kier molecular flexibility index (Phi) is 2.07. The van der Waals surface area contributed by atoms with Gasteiger partial charge in [-0.3, -0.25) is 4.79 Å². The average Bonchev–Trinajstić information content (AvgIpc) is 3.11. The van der Waals surface area contributed by atoms with Crippen molar-refractivity contribution in [1.82, 2.24) is 10.3 Å². The maximum Gasteiger partial charge on any atom is 0.251 e. The van der Waals surface area contributed by atoms with Crippen LogP contribution in [0.3, 0.4) is 0 Å². The number of aromatic nitrogens is 1. The van der Waals surface area contributed by atoms with Gasteiger partial charge in [0.1, 0.15) is 5.52 Å². The van der Waals surface area contributed by atoms with E-state index in [1.165, 1.54) is 6.42 Å². The zero-order valence-electron chi connectivity index (χ0n) is 10.5. The number of para-hydroxylation sites is 1. The number of primary amides is 1. The van der Waals surface area contributed by atoms with Crippen molar-refractivity contribution in [3.05, 3.63) is 29.7 Å². The van der Waals surface area contributed by atoms with Crippen LogP contribution in [0.4, 0.5) is 0 Å². The van der Waals surface area contributed by atoms with Gasteiger partial charge in [0.2, 0.25) is 5.89 Å². The number of carbonyl (C=O) groups is 1. The van der Waals surface area contributed by atoms with Gasteiger partial charge in [-0.05, 0) is 43.9 Å². The van der Waals surface area contributed by atoms with Crippen LogP contribution < -0.4 is 11.1 Å². The van der Waals surface area contributed by atoms with E-state index in [2.05, 4.69) is 10.3 Å². The molecule has 98 valence electrons. The number of nitrogens with zero attached hydrogens (tertiary/aromatic N) is 1. The van der Waals surface area contributed by atoms with E-state index in [1.807, 2.05) is 6.07 Å². The second kappa shape index (κ2) is 3.57. The second-order valence-corrected chi connectivity index (χ2v) is 5.61. The molecule has 1 aromatic heterocycles. The smallest absolute Gasteiger partial charge is 0.251 e. The lowest BCUT2D eigenvalue weighted by atomic mass is 9.99. The van der Waals surface area contributed by atoms with Crippen molar-refractivity contribution in [3.63, 3.8) is 0 Å². The molecule has 1 aromatic carbocycles. The van der Waals surface area contributed by atoms with E-state index in [0.29, 0.717) is 22.6 Å². The van der Waals surface area contributed by atoms with E-state index < -0.39 is 5.91 Å². The summed E-state index contributed by atoms with van der Waals surface area (Å²) in [7, 11) is 0. The molecule has 5 heteroatoms. The number of piperidine rings is 1. The Labute approximate surface area is 110 Å². The first-order valence-electron chi connectivity index (χ1n) is 6.63. The standard InChI is InChI=1S/C14H15N3O2/c15-12(18)9-2-1-3-10-11(9)17-13(19-10)14-5-4-8(6-14)7-16-14/h1-3,8,16H,4-7H2,(H2,15,18). The molecule has 0 spiro atoms. The molecule has 3 N–H and O–H groups in total. The number of fused-ring (bicyclic) bond motifs is 3. The highest BCUT2D eigenvalue weighted by atomic mass is 16.4. The Hall–Kier alpha value is -1.88. The number of carbonyl (C=O) groups excluding carboxylic acids is 1. The number of oxazole rings is 1. The SMILES string of the molecule is NC(=O)c1cccc2oc(C34CCC(CN3)C4)nc12. The normalized spacial score (nSPS) is 29.2. The van der Waals surface area contributed by atoms with Gasteiger partial charge in [-0.15, -0.1) is 0 Å². The third kappa shape index (κ3) is 1.45. The van der Waals surface area contributed by atoms with Gasteiger partial charge in [-0.1, -0.05) is 6.07 Å². The van der Waals surface area contributed by atoms with Crippen LogP contribution >= 0.6 is 0 Å². The molecule has 2 heterocycles. The zero-order valence-corrected chi connectivity index (χ0v) is 10.5. The lowest BCUT2D eigenvalue weighted by Crippen LogP contribution is -2.37. The molecule has 2 bridgehead atoms. The predicted molar refractivity (Wildman–Crippen MR) is 69.5 cm³/mol. The summed E-state index contributed by atoms with van der Waals surface area (Å²) in [4.78, 5) is 16.0. The van der Waals surface area contributed by atoms with Crippen molar-refractivity contribution < 1.29 is 9.21 Å². The van der Waals surface area contributed by atoms with Gasteiger partial charge >= 0.3 is 0 Å². The summed E-state index contributed by atoms with van der Waals surface area (Å²) in [6, 6.07) is 5.29. The molecule has 1 saturated carbocycles. The molecular formula is C14H15N3O2. The number of amides is 1. The Morgan fingerprint density at radius 3 is 3.05 bits per heavy atom. The highest BCUT2D eigenvalue weighted by molar-refractivity contribution is 6.03. The minimum atomic E-state index is -0.466. The van der Waals surface area contributed by atoms with Gasteiger partial charge in [0.15, 0.2) is 5.58 Å².